The van der Waals surface area contributed by atoms with Crippen LogP contribution >= 0.6 is 11.8 Å². The molecule has 0 radical (unpaired) electrons. The van der Waals surface area contributed by atoms with Gasteiger partial charge < -0.3 is 0 Å². The molecular weight excluding hydrogens is 240 g/mol. The summed E-state index contributed by atoms with van der Waals surface area (Å²) in [6.45, 7) is 4.59. The number of nitriles is 1. The van der Waals surface area contributed by atoms with Crippen LogP contribution in [0.4, 0.5) is 0 Å². The molecule has 0 heterocycles. The van der Waals surface area contributed by atoms with Crippen molar-refractivity contribution in [2.75, 3.05) is 19.1 Å². The van der Waals surface area contributed by atoms with Crippen LogP contribution in [0.1, 0.15) is 46.0 Å². The molecule has 0 bridgehead atoms. The molecule has 0 aromatic rings. The van der Waals surface area contributed by atoms with E-state index in [-0.39, 0.29) is 5.92 Å². The number of rotatable bonds is 6. The molecule has 1 aliphatic rings. The van der Waals surface area contributed by atoms with Gasteiger partial charge >= 0.3 is 0 Å². The maximum Gasteiger partial charge on any atom is 0.0672 e. The zero-order valence-corrected chi connectivity index (χ0v) is 13.2. The van der Waals surface area contributed by atoms with E-state index in [1.54, 1.807) is 0 Å². The zero-order chi connectivity index (χ0) is 13.5. The zero-order valence-electron chi connectivity index (χ0n) is 12.4. The largest absolute Gasteiger partial charge is 0.299 e. The molecule has 0 spiro atoms. The Morgan fingerprint density at radius 3 is 2.72 bits per heavy atom. The van der Waals surface area contributed by atoms with Crippen molar-refractivity contribution in [3.05, 3.63) is 0 Å². The third-order valence-corrected chi connectivity index (χ3v) is 5.27. The summed E-state index contributed by atoms with van der Waals surface area (Å²) in [4.78, 5) is 2.48. The third-order valence-electron chi connectivity index (χ3n) is 4.63. The first-order valence-electron chi connectivity index (χ1n) is 7.24. The average molecular weight is 268 g/mol. The molecule has 0 aromatic carbocycles. The molecule has 4 unspecified atom stereocenters. The molecule has 0 saturated heterocycles. The van der Waals surface area contributed by atoms with Crippen LogP contribution in [0.15, 0.2) is 0 Å². The Hall–Kier alpha value is -0.200. The van der Waals surface area contributed by atoms with Crippen LogP contribution < -0.4 is 0 Å². The lowest BCUT2D eigenvalue weighted by molar-refractivity contribution is 0.0910. The molecule has 1 fully saturated rings. The second kappa shape index (κ2) is 8.07. The van der Waals surface area contributed by atoms with E-state index in [9.17, 15) is 5.26 Å². The van der Waals surface area contributed by atoms with Crippen molar-refractivity contribution < 1.29 is 0 Å². The van der Waals surface area contributed by atoms with Crippen molar-refractivity contribution in [2.24, 2.45) is 11.8 Å². The van der Waals surface area contributed by atoms with Gasteiger partial charge in [0, 0.05) is 12.1 Å². The highest BCUT2D eigenvalue weighted by molar-refractivity contribution is 7.98. The minimum atomic E-state index is 0.245. The van der Waals surface area contributed by atoms with Gasteiger partial charge in [-0.2, -0.15) is 17.0 Å². The molecule has 4 atom stereocenters. The SMILES string of the molecule is CCC1CCC(C#N)C(N(C)C(C)CCSC)C1. The molecule has 1 aliphatic carbocycles. The molecule has 0 amide bonds. The van der Waals surface area contributed by atoms with Gasteiger partial charge in [-0.1, -0.05) is 13.3 Å². The molecule has 104 valence electrons. The van der Waals surface area contributed by atoms with E-state index in [1.807, 2.05) is 11.8 Å². The van der Waals surface area contributed by atoms with Gasteiger partial charge in [0.25, 0.3) is 0 Å². The molecule has 1 rings (SSSR count). The van der Waals surface area contributed by atoms with Crippen LogP contribution in [0.3, 0.4) is 0 Å². The molecule has 0 aromatic heterocycles. The Morgan fingerprint density at radius 2 is 2.17 bits per heavy atom. The summed E-state index contributed by atoms with van der Waals surface area (Å²) in [7, 11) is 2.22. The molecule has 3 heteroatoms. The fourth-order valence-electron chi connectivity index (χ4n) is 3.02. The summed E-state index contributed by atoms with van der Waals surface area (Å²) < 4.78 is 0. The average Bonchev–Trinajstić information content (AvgIpc) is 2.43. The number of hydrogen-bond acceptors (Lipinski definition) is 3. The minimum absolute atomic E-state index is 0.245. The van der Waals surface area contributed by atoms with Crippen LogP contribution in [-0.4, -0.2) is 36.0 Å². The highest BCUT2D eigenvalue weighted by Gasteiger charge is 2.33. The first kappa shape index (κ1) is 15.9. The van der Waals surface area contributed by atoms with Crippen LogP contribution in [0.2, 0.25) is 0 Å². The molecular formula is C15H28N2S. The Bertz CT molecular complexity index is 274. The van der Waals surface area contributed by atoms with E-state index in [1.165, 1.54) is 31.4 Å². The molecule has 2 nitrogen and oxygen atoms in total. The van der Waals surface area contributed by atoms with Gasteiger partial charge in [-0.15, -0.1) is 0 Å². The minimum Gasteiger partial charge on any atom is -0.299 e. The number of thioether (sulfide) groups is 1. The monoisotopic (exact) mass is 268 g/mol. The quantitative estimate of drug-likeness (QED) is 0.733. The maximum atomic E-state index is 9.35. The number of nitrogens with zero attached hydrogens (tertiary/aromatic N) is 2. The Morgan fingerprint density at radius 1 is 1.44 bits per heavy atom. The first-order valence-corrected chi connectivity index (χ1v) is 8.63. The normalized spacial score (nSPS) is 30.1. The lowest BCUT2D eigenvalue weighted by Crippen LogP contribution is -2.46. The van der Waals surface area contributed by atoms with Crippen molar-refractivity contribution in [2.45, 2.75) is 58.0 Å². The van der Waals surface area contributed by atoms with E-state index in [2.05, 4.69) is 38.1 Å². The van der Waals surface area contributed by atoms with Gasteiger partial charge in [-0.25, -0.2) is 0 Å². The van der Waals surface area contributed by atoms with E-state index in [0.717, 1.165) is 12.3 Å². The fraction of sp³-hybridized carbons (Fsp3) is 0.933. The second-order valence-electron chi connectivity index (χ2n) is 5.69. The predicted octanol–water partition coefficient (Wildman–Crippen LogP) is 3.78. The van der Waals surface area contributed by atoms with Gasteiger partial charge in [0.05, 0.1) is 12.0 Å². The molecule has 0 N–H and O–H groups in total. The lowest BCUT2D eigenvalue weighted by atomic mass is 9.77. The Balaban J connectivity index is 2.61. The van der Waals surface area contributed by atoms with E-state index < -0.39 is 0 Å². The van der Waals surface area contributed by atoms with Crippen LogP contribution in [0.5, 0.6) is 0 Å². The standard InChI is InChI=1S/C15H28N2S/c1-5-13-6-7-14(11-16)15(10-13)17(3)12(2)8-9-18-4/h12-15H,5-10H2,1-4H3. The highest BCUT2D eigenvalue weighted by atomic mass is 32.2. The van der Waals surface area contributed by atoms with Crippen molar-refractivity contribution >= 4 is 11.8 Å². The van der Waals surface area contributed by atoms with Crippen LogP contribution in [-0.2, 0) is 0 Å². The van der Waals surface area contributed by atoms with Crippen molar-refractivity contribution in [1.82, 2.24) is 4.90 Å². The number of hydrogen-bond donors (Lipinski definition) is 0. The van der Waals surface area contributed by atoms with Gasteiger partial charge in [0.2, 0.25) is 0 Å². The van der Waals surface area contributed by atoms with Crippen LogP contribution in [0.25, 0.3) is 0 Å². The first-order chi connectivity index (χ1) is 8.63. The Labute approximate surface area is 117 Å². The smallest absolute Gasteiger partial charge is 0.0672 e. The van der Waals surface area contributed by atoms with Gasteiger partial charge in [0.1, 0.15) is 0 Å². The molecule has 1 saturated carbocycles. The van der Waals surface area contributed by atoms with Crippen molar-refractivity contribution in [3.8, 4) is 6.07 Å². The summed E-state index contributed by atoms with van der Waals surface area (Å²) in [5.74, 6) is 2.29. The summed E-state index contributed by atoms with van der Waals surface area (Å²) in [6, 6.07) is 3.61. The van der Waals surface area contributed by atoms with Crippen molar-refractivity contribution in [1.29, 1.82) is 5.26 Å². The molecule has 0 aliphatic heterocycles. The van der Waals surface area contributed by atoms with Gasteiger partial charge in [-0.3, -0.25) is 4.90 Å². The van der Waals surface area contributed by atoms with E-state index >= 15 is 0 Å². The van der Waals surface area contributed by atoms with Gasteiger partial charge in [0.15, 0.2) is 0 Å². The van der Waals surface area contributed by atoms with E-state index in [4.69, 9.17) is 0 Å². The third kappa shape index (κ3) is 4.17. The van der Waals surface area contributed by atoms with Crippen molar-refractivity contribution in [3.63, 3.8) is 0 Å². The molecule has 18 heavy (non-hydrogen) atoms. The maximum absolute atomic E-state index is 9.35. The summed E-state index contributed by atoms with van der Waals surface area (Å²) >= 11 is 1.91. The fourth-order valence-corrected chi connectivity index (χ4v) is 3.60. The second-order valence-corrected chi connectivity index (χ2v) is 6.67. The van der Waals surface area contributed by atoms with Crippen LogP contribution in [0, 0.1) is 23.2 Å². The Kier molecular flexibility index (Phi) is 7.11. The summed E-state index contributed by atoms with van der Waals surface area (Å²) in [5.41, 5.74) is 0. The predicted molar refractivity (Wildman–Crippen MR) is 80.7 cm³/mol. The highest BCUT2D eigenvalue weighted by Crippen LogP contribution is 2.34. The summed E-state index contributed by atoms with van der Waals surface area (Å²) in [6.07, 6.45) is 8.22. The van der Waals surface area contributed by atoms with Gasteiger partial charge in [-0.05, 0) is 57.6 Å². The lowest BCUT2D eigenvalue weighted by Gasteiger charge is -2.41. The van der Waals surface area contributed by atoms with E-state index in [0.29, 0.717) is 12.1 Å². The topological polar surface area (TPSA) is 27.0 Å². The summed E-state index contributed by atoms with van der Waals surface area (Å²) in [5, 5.41) is 9.35.